The van der Waals surface area contributed by atoms with Gasteiger partial charge in [0.25, 0.3) is 0 Å². The number of aromatic nitrogens is 2. The lowest BCUT2D eigenvalue weighted by Gasteiger charge is -2.30. The van der Waals surface area contributed by atoms with Crippen molar-refractivity contribution < 1.29 is 4.42 Å². The van der Waals surface area contributed by atoms with E-state index in [-0.39, 0.29) is 0 Å². The van der Waals surface area contributed by atoms with Crippen LogP contribution in [-0.2, 0) is 6.42 Å². The third-order valence-corrected chi connectivity index (χ3v) is 4.36. The lowest BCUT2D eigenvalue weighted by Crippen LogP contribution is -2.38. The number of aromatic amines is 1. The molecule has 0 aliphatic carbocycles. The summed E-state index contributed by atoms with van der Waals surface area (Å²) in [5, 5.41) is 1.21. The average molecular weight is 299 g/mol. The van der Waals surface area contributed by atoms with Crippen LogP contribution in [0.15, 0.2) is 22.7 Å². The van der Waals surface area contributed by atoms with E-state index < -0.39 is 0 Å². The van der Waals surface area contributed by atoms with Crippen molar-refractivity contribution in [2.24, 2.45) is 0 Å². The van der Waals surface area contributed by atoms with Crippen LogP contribution in [0.25, 0.3) is 22.0 Å². The van der Waals surface area contributed by atoms with Crippen LogP contribution in [0, 0.1) is 6.92 Å². The Kier molecular flexibility index (Phi) is 3.96. The van der Waals surface area contributed by atoms with Gasteiger partial charge in [-0.15, -0.1) is 0 Å². The summed E-state index contributed by atoms with van der Waals surface area (Å²) in [6.45, 7) is 12.0. The monoisotopic (exact) mass is 299 g/mol. The maximum Gasteiger partial charge on any atom is 0.192 e. The second-order valence-electron chi connectivity index (χ2n) is 6.56. The predicted molar refractivity (Wildman–Crippen MR) is 91.3 cm³/mol. The minimum Gasteiger partial charge on any atom is -0.441 e. The molecule has 0 aliphatic heterocycles. The molecule has 22 heavy (non-hydrogen) atoms. The molecule has 4 heteroatoms. The number of nitrogens with one attached hydrogen (secondary N) is 1. The third-order valence-electron chi connectivity index (χ3n) is 4.36. The van der Waals surface area contributed by atoms with Gasteiger partial charge in [-0.2, -0.15) is 0 Å². The maximum atomic E-state index is 5.67. The first-order valence-corrected chi connectivity index (χ1v) is 8.09. The van der Waals surface area contributed by atoms with Crippen LogP contribution in [0.1, 0.15) is 39.1 Å². The van der Waals surface area contributed by atoms with Gasteiger partial charge in [0, 0.05) is 42.7 Å². The fourth-order valence-electron chi connectivity index (χ4n) is 3.35. The number of H-pyrrole nitrogens is 1. The summed E-state index contributed by atoms with van der Waals surface area (Å²) >= 11 is 0. The van der Waals surface area contributed by atoms with E-state index in [0.29, 0.717) is 12.1 Å². The zero-order valence-electron chi connectivity index (χ0n) is 14.1. The molecule has 0 spiro atoms. The van der Waals surface area contributed by atoms with Crippen molar-refractivity contribution in [1.82, 2.24) is 14.9 Å². The van der Waals surface area contributed by atoms with Gasteiger partial charge in [0.15, 0.2) is 11.5 Å². The van der Waals surface area contributed by atoms with Crippen molar-refractivity contribution in [3.63, 3.8) is 0 Å². The van der Waals surface area contributed by atoms with Gasteiger partial charge < -0.3 is 9.40 Å². The topological polar surface area (TPSA) is 45.1 Å². The first kappa shape index (κ1) is 15.1. The molecule has 3 aromatic rings. The SMILES string of the molecule is Cc1nc2c(ccc3[nH]cc(CCN(C(C)C)C(C)C)c32)o1. The molecule has 0 atom stereocenters. The molecule has 118 valence electrons. The van der Waals surface area contributed by atoms with Crippen LogP contribution in [0.4, 0.5) is 0 Å². The molecule has 0 aliphatic rings. The van der Waals surface area contributed by atoms with Crippen LogP contribution in [0.3, 0.4) is 0 Å². The van der Waals surface area contributed by atoms with Crippen LogP contribution >= 0.6 is 0 Å². The molecule has 0 unspecified atom stereocenters. The Labute approximate surface area is 131 Å². The zero-order valence-corrected chi connectivity index (χ0v) is 14.1. The minimum atomic E-state index is 0.555. The zero-order chi connectivity index (χ0) is 15.9. The average Bonchev–Trinajstić information content (AvgIpc) is 3.00. The van der Waals surface area contributed by atoms with Crippen molar-refractivity contribution in [2.45, 2.75) is 53.1 Å². The summed E-state index contributed by atoms with van der Waals surface area (Å²) in [6, 6.07) is 5.18. The summed E-state index contributed by atoms with van der Waals surface area (Å²) in [5.41, 5.74) is 4.30. The first-order chi connectivity index (χ1) is 10.5. The molecule has 2 heterocycles. The number of rotatable bonds is 5. The molecule has 0 bridgehead atoms. The number of oxazole rings is 1. The highest BCUT2D eigenvalue weighted by Gasteiger charge is 2.16. The first-order valence-electron chi connectivity index (χ1n) is 8.09. The summed E-state index contributed by atoms with van der Waals surface area (Å²) in [4.78, 5) is 10.5. The fraction of sp³-hybridized carbons (Fsp3) is 0.500. The second kappa shape index (κ2) is 5.76. The summed E-state index contributed by atoms with van der Waals surface area (Å²) < 4.78 is 5.67. The minimum absolute atomic E-state index is 0.555. The smallest absolute Gasteiger partial charge is 0.192 e. The van der Waals surface area contributed by atoms with Crippen LogP contribution in [0.5, 0.6) is 0 Å². The molecule has 1 N–H and O–H groups in total. The normalized spacial score (nSPS) is 12.5. The standard InChI is InChI=1S/C18H25N3O/c1-11(2)21(12(3)4)9-8-14-10-19-15-6-7-16-18(17(14)15)20-13(5)22-16/h6-7,10-12,19H,8-9H2,1-5H3. The highest BCUT2D eigenvalue weighted by Crippen LogP contribution is 2.28. The van der Waals surface area contributed by atoms with E-state index in [1.54, 1.807) is 0 Å². The van der Waals surface area contributed by atoms with Gasteiger partial charge >= 0.3 is 0 Å². The molecule has 3 rings (SSSR count). The number of fused-ring (bicyclic) bond motifs is 3. The Bertz CT molecular complexity index is 774. The Morgan fingerprint density at radius 3 is 2.59 bits per heavy atom. The Morgan fingerprint density at radius 2 is 1.91 bits per heavy atom. The van der Waals surface area contributed by atoms with Gasteiger partial charge in [0.1, 0.15) is 5.52 Å². The summed E-state index contributed by atoms with van der Waals surface area (Å²) in [5.74, 6) is 0.723. The van der Waals surface area contributed by atoms with E-state index >= 15 is 0 Å². The molecule has 0 radical (unpaired) electrons. The van der Waals surface area contributed by atoms with Gasteiger partial charge in [-0.05, 0) is 51.8 Å². The second-order valence-corrected chi connectivity index (χ2v) is 6.56. The van der Waals surface area contributed by atoms with E-state index in [0.717, 1.165) is 35.5 Å². The molecule has 0 saturated heterocycles. The van der Waals surface area contributed by atoms with Crippen LogP contribution in [-0.4, -0.2) is 33.5 Å². The van der Waals surface area contributed by atoms with E-state index in [4.69, 9.17) is 4.42 Å². The lowest BCUT2D eigenvalue weighted by molar-refractivity contribution is 0.177. The predicted octanol–water partition coefficient (Wildman–Crippen LogP) is 4.28. The van der Waals surface area contributed by atoms with Crippen molar-refractivity contribution in [2.75, 3.05) is 6.54 Å². The molecule has 0 saturated carbocycles. The molecular formula is C18H25N3O. The quantitative estimate of drug-likeness (QED) is 0.765. The third kappa shape index (κ3) is 2.63. The molecular weight excluding hydrogens is 274 g/mol. The summed E-state index contributed by atoms with van der Waals surface area (Å²) in [7, 11) is 0. The largest absolute Gasteiger partial charge is 0.441 e. The van der Waals surface area contributed by atoms with E-state index in [9.17, 15) is 0 Å². The maximum absolute atomic E-state index is 5.67. The molecule has 2 aromatic heterocycles. The Balaban J connectivity index is 1.95. The highest BCUT2D eigenvalue weighted by atomic mass is 16.3. The van der Waals surface area contributed by atoms with Crippen molar-refractivity contribution in [3.8, 4) is 0 Å². The van der Waals surface area contributed by atoms with Gasteiger partial charge in [-0.1, -0.05) is 0 Å². The van der Waals surface area contributed by atoms with Crippen molar-refractivity contribution in [3.05, 3.63) is 29.8 Å². The van der Waals surface area contributed by atoms with Crippen LogP contribution in [0.2, 0.25) is 0 Å². The number of aryl methyl sites for hydroxylation is 1. The van der Waals surface area contributed by atoms with E-state index in [2.05, 4.69) is 54.8 Å². The molecule has 4 nitrogen and oxygen atoms in total. The van der Waals surface area contributed by atoms with Crippen molar-refractivity contribution >= 4 is 22.0 Å². The number of hydrogen-bond acceptors (Lipinski definition) is 3. The fourth-order valence-corrected chi connectivity index (χ4v) is 3.35. The summed E-state index contributed by atoms with van der Waals surface area (Å²) in [6.07, 6.45) is 3.13. The van der Waals surface area contributed by atoms with Gasteiger partial charge in [-0.3, -0.25) is 4.90 Å². The molecule has 0 fully saturated rings. The Morgan fingerprint density at radius 1 is 1.18 bits per heavy atom. The van der Waals surface area contributed by atoms with Crippen LogP contribution < -0.4 is 0 Å². The number of benzene rings is 1. The van der Waals surface area contributed by atoms with Gasteiger partial charge in [0.2, 0.25) is 0 Å². The van der Waals surface area contributed by atoms with E-state index in [1.165, 1.54) is 10.9 Å². The molecule has 1 aromatic carbocycles. The van der Waals surface area contributed by atoms with Gasteiger partial charge in [-0.25, -0.2) is 4.98 Å². The number of nitrogens with zero attached hydrogens (tertiary/aromatic N) is 2. The van der Waals surface area contributed by atoms with Crippen molar-refractivity contribution in [1.29, 1.82) is 0 Å². The Hall–Kier alpha value is -1.81. The lowest BCUT2D eigenvalue weighted by atomic mass is 10.1. The number of hydrogen-bond donors (Lipinski definition) is 1. The van der Waals surface area contributed by atoms with Gasteiger partial charge in [0.05, 0.1) is 0 Å². The van der Waals surface area contributed by atoms with E-state index in [1.807, 2.05) is 13.0 Å². The highest BCUT2D eigenvalue weighted by molar-refractivity contribution is 6.04. The molecule has 0 amide bonds.